The van der Waals surface area contributed by atoms with E-state index >= 15 is 0 Å². The van der Waals surface area contributed by atoms with E-state index in [1.54, 1.807) is 6.29 Å². The van der Waals surface area contributed by atoms with Gasteiger partial charge in [0.15, 0.2) is 0 Å². The first-order valence-electron chi connectivity index (χ1n) is 5.37. The molecular formula is C11H21N2O2. The molecule has 0 aromatic rings. The Kier molecular flexibility index (Phi) is 6.17. The van der Waals surface area contributed by atoms with Crippen LogP contribution in [0, 0.1) is 11.8 Å². The first-order chi connectivity index (χ1) is 6.93. The molecule has 0 saturated carbocycles. The molecule has 0 heterocycles. The molecule has 15 heavy (non-hydrogen) atoms. The first kappa shape index (κ1) is 14.1. The number of nitrogens with one attached hydrogen (secondary N) is 1. The van der Waals surface area contributed by atoms with E-state index in [1.807, 2.05) is 27.7 Å². The number of hydrogen-bond acceptors (Lipinski definition) is 3. The fourth-order valence-electron chi connectivity index (χ4n) is 1.09. The normalized spacial score (nSPS) is 16.9. The molecule has 2 unspecified atom stereocenters. The molecular weight excluding hydrogens is 192 g/mol. The molecule has 87 valence electrons. The lowest BCUT2D eigenvalue weighted by molar-refractivity contribution is -0.123. The van der Waals surface area contributed by atoms with Crippen LogP contribution in [-0.2, 0) is 9.59 Å². The van der Waals surface area contributed by atoms with E-state index in [4.69, 9.17) is 5.73 Å². The first-order valence-corrected chi connectivity index (χ1v) is 5.37. The molecule has 0 rings (SSSR count). The van der Waals surface area contributed by atoms with Crippen LogP contribution in [0.3, 0.4) is 0 Å². The zero-order valence-corrected chi connectivity index (χ0v) is 9.91. The fraction of sp³-hybridized carbons (Fsp3) is 0.818. The van der Waals surface area contributed by atoms with Gasteiger partial charge in [0.1, 0.15) is 0 Å². The van der Waals surface area contributed by atoms with Crippen molar-refractivity contribution in [3.05, 3.63) is 0 Å². The lowest BCUT2D eigenvalue weighted by Crippen LogP contribution is -2.50. The molecule has 0 aliphatic rings. The maximum absolute atomic E-state index is 11.6. The van der Waals surface area contributed by atoms with Gasteiger partial charge >= 0.3 is 0 Å². The Balaban J connectivity index is 4.28. The van der Waals surface area contributed by atoms with Crippen LogP contribution in [-0.4, -0.2) is 24.3 Å². The second-order valence-electron chi connectivity index (χ2n) is 4.26. The number of rotatable bonds is 6. The third-order valence-electron chi connectivity index (χ3n) is 2.65. The van der Waals surface area contributed by atoms with E-state index in [0.29, 0.717) is 0 Å². The van der Waals surface area contributed by atoms with Crippen LogP contribution in [0.2, 0.25) is 0 Å². The summed E-state index contributed by atoms with van der Waals surface area (Å²) in [6, 6.07) is -1.11. The highest BCUT2D eigenvalue weighted by Gasteiger charge is 2.23. The van der Waals surface area contributed by atoms with Crippen molar-refractivity contribution in [1.82, 2.24) is 5.32 Å². The highest BCUT2D eigenvalue weighted by atomic mass is 16.2. The Morgan fingerprint density at radius 3 is 2.27 bits per heavy atom. The molecule has 0 bridgehead atoms. The van der Waals surface area contributed by atoms with E-state index in [9.17, 15) is 9.59 Å². The van der Waals surface area contributed by atoms with Gasteiger partial charge in [0.05, 0.1) is 12.1 Å². The third-order valence-corrected chi connectivity index (χ3v) is 2.65. The number of carbonyl (C=O) groups is 1. The highest BCUT2D eigenvalue weighted by Crippen LogP contribution is 2.06. The van der Waals surface area contributed by atoms with Crippen LogP contribution >= 0.6 is 0 Å². The quantitative estimate of drug-likeness (QED) is 0.679. The lowest BCUT2D eigenvalue weighted by atomic mass is 9.98. The molecule has 3 atom stereocenters. The average molecular weight is 213 g/mol. The van der Waals surface area contributed by atoms with Gasteiger partial charge in [0.2, 0.25) is 12.2 Å². The van der Waals surface area contributed by atoms with Gasteiger partial charge < -0.3 is 11.1 Å². The van der Waals surface area contributed by atoms with E-state index < -0.39 is 12.1 Å². The summed E-state index contributed by atoms with van der Waals surface area (Å²) < 4.78 is 0. The Bertz CT molecular complexity index is 217. The van der Waals surface area contributed by atoms with Crippen molar-refractivity contribution in [2.75, 3.05) is 0 Å². The molecule has 1 amide bonds. The molecule has 0 aliphatic heterocycles. The smallest absolute Gasteiger partial charge is 0.237 e. The van der Waals surface area contributed by atoms with Crippen LogP contribution in [0.5, 0.6) is 0 Å². The summed E-state index contributed by atoms with van der Waals surface area (Å²) in [5, 5.41) is 2.59. The van der Waals surface area contributed by atoms with Crippen LogP contribution < -0.4 is 11.1 Å². The maximum Gasteiger partial charge on any atom is 0.237 e. The zero-order chi connectivity index (χ0) is 12.0. The highest BCUT2D eigenvalue weighted by molar-refractivity contribution is 5.84. The van der Waals surface area contributed by atoms with Crippen molar-refractivity contribution in [2.45, 2.75) is 46.2 Å². The summed E-state index contributed by atoms with van der Waals surface area (Å²) in [6.07, 6.45) is 2.65. The van der Waals surface area contributed by atoms with Gasteiger partial charge in [-0.1, -0.05) is 34.1 Å². The molecule has 0 saturated heterocycles. The summed E-state index contributed by atoms with van der Waals surface area (Å²) in [7, 11) is 0. The molecule has 4 heteroatoms. The predicted octanol–water partition coefficient (Wildman–Crippen LogP) is 0.610. The van der Waals surface area contributed by atoms with Gasteiger partial charge in [0, 0.05) is 0 Å². The van der Waals surface area contributed by atoms with Crippen LogP contribution in [0.25, 0.3) is 0 Å². The zero-order valence-electron chi connectivity index (χ0n) is 9.91. The summed E-state index contributed by atoms with van der Waals surface area (Å²) in [5.74, 6) is -0.119. The second-order valence-corrected chi connectivity index (χ2v) is 4.26. The number of amides is 1. The van der Waals surface area contributed by atoms with E-state index in [1.165, 1.54) is 0 Å². The maximum atomic E-state index is 11.6. The van der Waals surface area contributed by atoms with Gasteiger partial charge in [0.25, 0.3) is 0 Å². The molecule has 0 spiro atoms. The van der Waals surface area contributed by atoms with E-state index in [2.05, 4.69) is 5.32 Å². The summed E-state index contributed by atoms with van der Waals surface area (Å²) >= 11 is 0. The van der Waals surface area contributed by atoms with Crippen molar-refractivity contribution in [3.63, 3.8) is 0 Å². The lowest BCUT2D eigenvalue weighted by Gasteiger charge is -2.21. The van der Waals surface area contributed by atoms with Crippen molar-refractivity contribution < 1.29 is 9.59 Å². The predicted molar refractivity (Wildman–Crippen MR) is 59.9 cm³/mol. The number of carbonyl (C=O) groups excluding carboxylic acids is 2. The topological polar surface area (TPSA) is 72.2 Å². The molecule has 1 radical (unpaired) electrons. The summed E-state index contributed by atoms with van der Waals surface area (Å²) in [6.45, 7) is 7.60. The number of hydrogen-bond donors (Lipinski definition) is 2. The largest absolute Gasteiger partial charge is 0.344 e. The van der Waals surface area contributed by atoms with Crippen molar-refractivity contribution in [2.24, 2.45) is 17.6 Å². The van der Waals surface area contributed by atoms with Crippen molar-refractivity contribution in [1.29, 1.82) is 0 Å². The Morgan fingerprint density at radius 1 is 1.40 bits per heavy atom. The second kappa shape index (κ2) is 6.56. The Hall–Kier alpha value is -0.900. The van der Waals surface area contributed by atoms with Crippen LogP contribution in [0.1, 0.15) is 34.1 Å². The monoisotopic (exact) mass is 213 g/mol. The fourth-order valence-corrected chi connectivity index (χ4v) is 1.09. The van der Waals surface area contributed by atoms with Crippen LogP contribution in [0.4, 0.5) is 0 Å². The van der Waals surface area contributed by atoms with Crippen molar-refractivity contribution >= 4 is 12.2 Å². The molecule has 0 aromatic heterocycles. The number of nitrogens with two attached hydrogens (primary N) is 1. The minimum absolute atomic E-state index is 0.0376. The molecule has 4 nitrogen and oxygen atoms in total. The Morgan fingerprint density at radius 2 is 1.93 bits per heavy atom. The molecule has 0 aliphatic carbocycles. The average Bonchev–Trinajstić information content (AvgIpc) is 2.22. The van der Waals surface area contributed by atoms with Gasteiger partial charge in [-0.2, -0.15) is 0 Å². The minimum atomic E-state index is -0.562. The SMILES string of the molecule is CCC(C)C(N)C(=O)N[C@H]([C]=O)C(C)C. The van der Waals surface area contributed by atoms with Crippen LogP contribution in [0.15, 0.2) is 0 Å². The van der Waals surface area contributed by atoms with Gasteiger partial charge in [-0.15, -0.1) is 0 Å². The Labute approximate surface area is 91.6 Å². The molecule has 3 N–H and O–H groups in total. The summed E-state index contributed by atoms with van der Waals surface area (Å²) in [4.78, 5) is 22.2. The van der Waals surface area contributed by atoms with Crippen molar-refractivity contribution in [3.8, 4) is 0 Å². The minimum Gasteiger partial charge on any atom is -0.344 e. The third kappa shape index (κ3) is 4.42. The van der Waals surface area contributed by atoms with E-state index in [0.717, 1.165) is 6.42 Å². The van der Waals surface area contributed by atoms with Gasteiger partial charge in [-0.3, -0.25) is 9.59 Å². The molecule has 0 fully saturated rings. The van der Waals surface area contributed by atoms with E-state index in [-0.39, 0.29) is 17.7 Å². The standard InChI is InChI=1S/C11H21N2O2/c1-5-8(4)10(12)11(15)13-9(6-14)7(2)3/h7-10H,5,12H2,1-4H3,(H,13,15)/t8?,9-,10?/m1/s1. The molecule has 0 aromatic carbocycles. The van der Waals surface area contributed by atoms with Gasteiger partial charge in [-0.05, 0) is 11.8 Å². The van der Waals surface area contributed by atoms with Gasteiger partial charge in [-0.25, -0.2) is 0 Å². The summed E-state index contributed by atoms with van der Waals surface area (Å²) in [5.41, 5.74) is 5.73.